The zero-order valence-corrected chi connectivity index (χ0v) is 17.7. The highest BCUT2D eigenvalue weighted by atomic mass is 16.5. The van der Waals surface area contributed by atoms with Crippen molar-refractivity contribution >= 4 is 11.8 Å². The average molecular weight is 421 g/mol. The molecule has 6 heteroatoms. The molecule has 3 aliphatic carbocycles. The number of rotatable bonds is 5. The summed E-state index contributed by atoms with van der Waals surface area (Å²) in [6.07, 6.45) is 4.18. The zero-order chi connectivity index (χ0) is 21.4. The molecule has 1 spiro atoms. The summed E-state index contributed by atoms with van der Waals surface area (Å²) in [6.45, 7) is 0.641. The fraction of sp³-hybridized carbons (Fsp3) is 0.440. The minimum absolute atomic E-state index is 0.0210. The molecule has 0 aromatic heterocycles. The Hall–Kier alpha value is -3.02. The van der Waals surface area contributed by atoms with Gasteiger partial charge < -0.3 is 20.1 Å². The van der Waals surface area contributed by atoms with Crippen LogP contribution in [0.1, 0.15) is 41.6 Å². The van der Waals surface area contributed by atoms with Crippen LogP contribution in [0, 0.1) is 17.8 Å². The van der Waals surface area contributed by atoms with Gasteiger partial charge in [0.25, 0.3) is 5.91 Å². The van der Waals surface area contributed by atoms with Gasteiger partial charge in [0, 0.05) is 30.9 Å². The SMILES string of the molecule is COc1ccc2c(c1)O[C@]1(C[C@H]3CC[C@@H]1C[C@@H]3C(=O)NCCc1ccccc1)NC2=O. The number of ether oxygens (including phenoxy) is 2. The molecule has 31 heavy (non-hydrogen) atoms. The van der Waals surface area contributed by atoms with Gasteiger partial charge in [0.05, 0.1) is 12.7 Å². The van der Waals surface area contributed by atoms with Gasteiger partial charge in [-0.25, -0.2) is 0 Å². The third-order valence-electron chi connectivity index (χ3n) is 7.16. The topological polar surface area (TPSA) is 76.7 Å². The van der Waals surface area contributed by atoms with Crippen LogP contribution in [0.4, 0.5) is 0 Å². The van der Waals surface area contributed by atoms with Crippen LogP contribution in [0.3, 0.4) is 0 Å². The van der Waals surface area contributed by atoms with Crippen LogP contribution in [0.2, 0.25) is 0 Å². The summed E-state index contributed by atoms with van der Waals surface area (Å²) in [7, 11) is 1.60. The quantitative estimate of drug-likeness (QED) is 0.778. The van der Waals surface area contributed by atoms with Gasteiger partial charge in [0.1, 0.15) is 11.5 Å². The van der Waals surface area contributed by atoms with Gasteiger partial charge in [0.15, 0.2) is 5.72 Å². The van der Waals surface area contributed by atoms with Crippen LogP contribution in [0.15, 0.2) is 48.5 Å². The average Bonchev–Trinajstić information content (AvgIpc) is 2.79. The van der Waals surface area contributed by atoms with Gasteiger partial charge in [-0.1, -0.05) is 30.3 Å². The van der Waals surface area contributed by atoms with E-state index in [9.17, 15) is 9.59 Å². The van der Waals surface area contributed by atoms with Crippen molar-refractivity contribution in [3.63, 3.8) is 0 Å². The molecule has 2 amide bonds. The van der Waals surface area contributed by atoms with E-state index in [-0.39, 0.29) is 29.6 Å². The molecule has 4 atom stereocenters. The molecule has 3 fully saturated rings. The Labute approximate surface area is 182 Å². The van der Waals surface area contributed by atoms with Crippen LogP contribution in [0.25, 0.3) is 0 Å². The number of fused-ring (bicyclic) bond motifs is 3. The highest BCUT2D eigenvalue weighted by molar-refractivity contribution is 5.98. The third-order valence-corrected chi connectivity index (χ3v) is 7.16. The molecule has 2 N–H and O–H groups in total. The van der Waals surface area contributed by atoms with Crippen LogP contribution in [-0.4, -0.2) is 31.2 Å². The molecule has 0 radical (unpaired) electrons. The monoisotopic (exact) mass is 420 g/mol. The number of hydrogen-bond donors (Lipinski definition) is 2. The summed E-state index contributed by atoms with van der Waals surface area (Å²) < 4.78 is 11.7. The number of carbonyl (C=O) groups is 2. The zero-order valence-electron chi connectivity index (χ0n) is 17.7. The standard InChI is InChI=1S/C25H28N2O4/c1-30-19-9-10-20-22(14-19)31-25(27-24(20)29)15-17-7-8-18(25)13-21(17)23(28)26-12-11-16-5-3-2-4-6-16/h2-6,9-10,14,17-18,21H,7-8,11-13,15H2,1H3,(H,26,28)(H,27,29)/t17-,18-,21+,25+/m1/s1. The lowest BCUT2D eigenvalue weighted by molar-refractivity contribution is -0.146. The van der Waals surface area contributed by atoms with E-state index in [1.165, 1.54) is 5.56 Å². The first-order chi connectivity index (χ1) is 15.1. The lowest BCUT2D eigenvalue weighted by atomic mass is 9.60. The van der Waals surface area contributed by atoms with Gasteiger partial charge in [-0.2, -0.15) is 0 Å². The van der Waals surface area contributed by atoms with E-state index in [1.807, 2.05) is 18.2 Å². The number of hydrogen-bond acceptors (Lipinski definition) is 4. The van der Waals surface area contributed by atoms with Crippen molar-refractivity contribution in [3.05, 3.63) is 59.7 Å². The molecule has 0 saturated heterocycles. The molecule has 1 heterocycles. The Morgan fingerprint density at radius 3 is 2.81 bits per heavy atom. The molecular formula is C25H28N2O4. The van der Waals surface area contributed by atoms with E-state index in [0.717, 1.165) is 25.7 Å². The molecule has 2 bridgehead atoms. The fourth-order valence-electron chi connectivity index (χ4n) is 5.55. The lowest BCUT2D eigenvalue weighted by Gasteiger charge is -2.55. The van der Waals surface area contributed by atoms with Crippen LogP contribution < -0.4 is 20.1 Å². The van der Waals surface area contributed by atoms with Crippen molar-refractivity contribution in [2.24, 2.45) is 17.8 Å². The first kappa shape index (κ1) is 19.9. The number of benzene rings is 2. The summed E-state index contributed by atoms with van der Waals surface area (Å²) in [4.78, 5) is 25.8. The van der Waals surface area contributed by atoms with Crippen molar-refractivity contribution < 1.29 is 19.1 Å². The normalized spacial score (nSPS) is 28.4. The van der Waals surface area contributed by atoms with E-state index in [0.29, 0.717) is 30.0 Å². The predicted molar refractivity (Wildman–Crippen MR) is 116 cm³/mol. The van der Waals surface area contributed by atoms with E-state index >= 15 is 0 Å². The second-order valence-electron chi connectivity index (χ2n) is 8.92. The number of carbonyl (C=O) groups excluding carboxylic acids is 2. The molecule has 4 aliphatic rings. The third kappa shape index (κ3) is 3.64. The fourth-order valence-corrected chi connectivity index (χ4v) is 5.55. The largest absolute Gasteiger partial charge is 0.497 e. The highest BCUT2D eigenvalue weighted by Crippen LogP contribution is 2.52. The van der Waals surface area contributed by atoms with Crippen molar-refractivity contribution in [2.45, 2.75) is 37.8 Å². The summed E-state index contributed by atoms with van der Waals surface area (Å²) in [5.41, 5.74) is 1.03. The summed E-state index contributed by atoms with van der Waals surface area (Å²) in [5, 5.41) is 6.28. The second-order valence-corrected chi connectivity index (χ2v) is 8.92. The summed E-state index contributed by atoms with van der Waals surface area (Å²) in [6, 6.07) is 15.5. The Balaban J connectivity index is 1.26. The Morgan fingerprint density at radius 1 is 1.23 bits per heavy atom. The van der Waals surface area contributed by atoms with E-state index < -0.39 is 5.72 Å². The second kappa shape index (κ2) is 7.91. The summed E-state index contributed by atoms with van der Waals surface area (Å²) in [5.74, 6) is 1.55. The molecule has 2 aromatic carbocycles. The van der Waals surface area contributed by atoms with Gasteiger partial charge in [-0.05, 0) is 49.3 Å². The van der Waals surface area contributed by atoms with Gasteiger partial charge in [0.2, 0.25) is 5.91 Å². The minimum Gasteiger partial charge on any atom is -0.497 e. The van der Waals surface area contributed by atoms with Crippen molar-refractivity contribution in [1.29, 1.82) is 0 Å². The van der Waals surface area contributed by atoms with E-state index in [2.05, 4.69) is 22.8 Å². The van der Waals surface area contributed by atoms with Gasteiger partial charge in [-0.15, -0.1) is 0 Å². The highest BCUT2D eigenvalue weighted by Gasteiger charge is 2.57. The number of nitrogens with one attached hydrogen (secondary N) is 2. The van der Waals surface area contributed by atoms with Crippen molar-refractivity contribution in [1.82, 2.24) is 10.6 Å². The van der Waals surface area contributed by atoms with Crippen molar-refractivity contribution in [3.8, 4) is 11.5 Å². The molecule has 2 aromatic rings. The van der Waals surface area contributed by atoms with E-state index in [1.54, 1.807) is 25.3 Å². The maximum atomic E-state index is 12.9. The van der Waals surface area contributed by atoms with E-state index in [4.69, 9.17) is 9.47 Å². The van der Waals surface area contributed by atoms with Crippen LogP contribution >= 0.6 is 0 Å². The molecule has 162 valence electrons. The number of methoxy groups -OCH3 is 1. The molecular weight excluding hydrogens is 392 g/mol. The molecule has 6 nitrogen and oxygen atoms in total. The minimum atomic E-state index is -0.722. The Kier molecular flexibility index (Phi) is 5.08. The maximum absolute atomic E-state index is 12.9. The van der Waals surface area contributed by atoms with Gasteiger partial charge in [-0.3, -0.25) is 9.59 Å². The maximum Gasteiger partial charge on any atom is 0.258 e. The molecule has 3 saturated carbocycles. The molecule has 0 unspecified atom stereocenters. The first-order valence-corrected chi connectivity index (χ1v) is 11.1. The summed E-state index contributed by atoms with van der Waals surface area (Å²) >= 11 is 0. The smallest absolute Gasteiger partial charge is 0.258 e. The van der Waals surface area contributed by atoms with Crippen molar-refractivity contribution in [2.75, 3.05) is 13.7 Å². The molecule has 1 aliphatic heterocycles. The van der Waals surface area contributed by atoms with Crippen LogP contribution in [0.5, 0.6) is 11.5 Å². The van der Waals surface area contributed by atoms with Gasteiger partial charge >= 0.3 is 0 Å². The first-order valence-electron chi connectivity index (χ1n) is 11.1. The Bertz CT molecular complexity index is 992. The number of amides is 2. The van der Waals surface area contributed by atoms with Crippen LogP contribution in [-0.2, 0) is 11.2 Å². The lowest BCUT2D eigenvalue weighted by Crippen LogP contribution is -2.67. The molecule has 6 rings (SSSR count). The predicted octanol–water partition coefficient (Wildman–Crippen LogP) is 3.31. The Morgan fingerprint density at radius 2 is 2.06 bits per heavy atom.